The van der Waals surface area contributed by atoms with Crippen LogP contribution in [0.4, 0.5) is 10.2 Å². The first kappa shape index (κ1) is 27.0. The molecule has 204 valence electrons. The number of pyridine rings is 2. The summed E-state index contributed by atoms with van der Waals surface area (Å²) >= 11 is 6.09. The van der Waals surface area contributed by atoms with E-state index in [-0.39, 0.29) is 38.6 Å². The summed E-state index contributed by atoms with van der Waals surface area (Å²) in [5.41, 5.74) is 0.942. The van der Waals surface area contributed by atoms with Crippen LogP contribution < -0.4 is 19.8 Å². The van der Waals surface area contributed by atoms with Crippen LogP contribution in [0.3, 0.4) is 0 Å². The molecule has 0 saturated carbocycles. The highest BCUT2D eigenvalue weighted by Gasteiger charge is 2.21. The number of benzene rings is 2. The Bertz CT molecular complexity index is 1950. The number of fused-ring (bicyclic) bond motifs is 1. The molecule has 3 aromatic heterocycles. The Morgan fingerprint density at radius 3 is 2.48 bits per heavy atom. The van der Waals surface area contributed by atoms with E-state index in [0.29, 0.717) is 22.2 Å². The van der Waals surface area contributed by atoms with Crippen LogP contribution in [0.2, 0.25) is 5.02 Å². The highest BCUT2D eigenvalue weighted by atomic mass is 35.5. The van der Waals surface area contributed by atoms with E-state index in [9.17, 15) is 13.2 Å². The minimum absolute atomic E-state index is 0.0597. The Hall–Kier alpha value is -4.55. The fourth-order valence-electron chi connectivity index (χ4n) is 4.22. The molecule has 13 heteroatoms. The maximum Gasteiger partial charge on any atom is 0.263 e. The fraction of sp³-hybridized carbons (Fsp3) is 0.111. The van der Waals surface area contributed by atoms with Crippen LogP contribution in [0.5, 0.6) is 11.6 Å². The molecular formula is C27H21ClFN5O5S. The minimum atomic E-state index is -4.02. The molecule has 0 aliphatic heterocycles. The van der Waals surface area contributed by atoms with E-state index >= 15 is 4.39 Å². The second kappa shape index (κ2) is 10.5. The third-order valence-electron chi connectivity index (χ3n) is 6.03. The van der Waals surface area contributed by atoms with E-state index in [1.807, 2.05) is 0 Å². The summed E-state index contributed by atoms with van der Waals surface area (Å²) in [6.07, 6.45) is 2.63. The van der Waals surface area contributed by atoms with E-state index < -0.39 is 21.4 Å². The second-order valence-corrected chi connectivity index (χ2v) is 10.7. The molecule has 40 heavy (non-hydrogen) atoms. The number of aryl methyl sites for hydroxylation is 1. The number of aromatic nitrogens is 4. The molecule has 5 rings (SSSR count). The molecule has 0 radical (unpaired) electrons. The number of nitrogens with zero attached hydrogens (tertiary/aromatic N) is 4. The number of hydrogen-bond acceptors (Lipinski definition) is 8. The number of hydrogen-bond donors (Lipinski definition) is 1. The number of halogens is 2. The van der Waals surface area contributed by atoms with Crippen LogP contribution in [-0.4, -0.2) is 42.2 Å². The van der Waals surface area contributed by atoms with Gasteiger partial charge in [-0.3, -0.25) is 14.1 Å². The molecule has 0 bridgehead atoms. The summed E-state index contributed by atoms with van der Waals surface area (Å²) in [4.78, 5) is 25.0. The third-order valence-corrected chi connectivity index (χ3v) is 7.59. The quantitative estimate of drug-likeness (QED) is 0.292. The molecule has 0 saturated heterocycles. The van der Waals surface area contributed by atoms with Crippen molar-refractivity contribution in [1.29, 1.82) is 0 Å². The molecule has 2 aromatic carbocycles. The van der Waals surface area contributed by atoms with Gasteiger partial charge in [0.15, 0.2) is 0 Å². The average molecular weight is 582 g/mol. The fourth-order valence-corrected chi connectivity index (χ4v) is 5.41. The summed E-state index contributed by atoms with van der Waals surface area (Å²) in [5, 5.41) is 0.687. The number of sulfonamides is 1. The van der Waals surface area contributed by atoms with Gasteiger partial charge in [-0.25, -0.2) is 27.8 Å². The lowest BCUT2D eigenvalue weighted by molar-refractivity contribution is 0.399. The third kappa shape index (κ3) is 5.06. The van der Waals surface area contributed by atoms with E-state index in [4.69, 9.17) is 21.1 Å². The Morgan fingerprint density at radius 2 is 1.75 bits per heavy atom. The van der Waals surface area contributed by atoms with Crippen molar-refractivity contribution >= 4 is 38.3 Å². The van der Waals surface area contributed by atoms with Gasteiger partial charge >= 0.3 is 0 Å². The van der Waals surface area contributed by atoms with Gasteiger partial charge in [0.05, 0.1) is 35.3 Å². The summed E-state index contributed by atoms with van der Waals surface area (Å²) in [5.74, 6) is -0.250. The van der Waals surface area contributed by atoms with Crippen molar-refractivity contribution in [3.63, 3.8) is 0 Å². The van der Waals surface area contributed by atoms with Crippen molar-refractivity contribution < 1.29 is 22.3 Å². The number of ether oxygens (including phenoxy) is 2. The van der Waals surface area contributed by atoms with Crippen LogP contribution in [0.25, 0.3) is 27.7 Å². The van der Waals surface area contributed by atoms with Gasteiger partial charge in [-0.2, -0.15) is 0 Å². The monoisotopic (exact) mass is 581 g/mol. The zero-order valence-corrected chi connectivity index (χ0v) is 22.9. The van der Waals surface area contributed by atoms with E-state index in [1.54, 1.807) is 6.92 Å². The SMILES string of the molecule is COc1cc(-c2cc(Cl)cnc2OC)c(F)cc1-n1c(=O)ccc2cc(S(=O)(=O)Nc3cc(C)ncn3)ccc21. The molecule has 3 heterocycles. The normalized spacial score (nSPS) is 11.4. The van der Waals surface area contributed by atoms with Gasteiger partial charge in [0.2, 0.25) is 5.88 Å². The summed E-state index contributed by atoms with van der Waals surface area (Å²) < 4.78 is 56.1. The summed E-state index contributed by atoms with van der Waals surface area (Å²) in [7, 11) is -1.23. The number of nitrogens with one attached hydrogen (secondary N) is 1. The maximum atomic E-state index is 15.6. The van der Waals surface area contributed by atoms with E-state index in [2.05, 4.69) is 19.7 Å². The molecule has 10 nitrogen and oxygen atoms in total. The summed E-state index contributed by atoms with van der Waals surface area (Å²) in [6.45, 7) is 1.71. The highest BCUT2D eigenvalue weighted by Crippen LogP contribution is 2.37. The molecule has 0 aliphatic rings. The molecule has 0 unspecified atom stereocenters. The van der Waals surface area contributed by atoms with Crippen molar-refractivity contribution in [2.24, 2.45) is 0 Å². The first-order valence-corrected chi connectivity index (χ1v) is 13.5. The molecule has 5 aromatic rings. The molecule has 0 spiro atoms. The summed E-state index contributed by atoms with van der Waals surface area (Å²) in [6, 6.07) is 12.5. The van der Waals surface area contributed by atoms with Crippen LogP contribution in [-0.2, 0) is 10.0 Å². The predicted octanol–water partition coefficient (Wildman–Crippen LogP) is 4.76. The second-order valence-electron chi connectivity index (χ2n) is 8.59. The van der Waals surface area contributed by atoms with Gasteiger partial charge in [-0.05, 0) is 43.3 Å². The van der Waals surface area contributed by atoms with E-state index in [0.717, 1.165) is 6.07 Å². The van der Waals surface area contributed by atoms with Crippen LogP contribution in [0.1, 0.15) is 5.69 Å². The Labute approximate surface area is 233 Å². The minimum Gasteiger partial charge on any atom is -0.495 e. The van der Waals surface area contributed by atoms with Gasteiger partial charge < -0.3 is 9.47 Å². The van der Waals surface area contributed by atoms with Crippen LogP contribution >= 0.6 is 11.6 Å². The van der Waals surface area contributed by atoms with Crippen molar-refractivity contribution in [3.05, 3.63) is 94.0 Å². The lowest BCUT2D eigenvalue weighted by Gasteiger charge is -2.17. The standard InChI is InChI=1S/C27H21ClFN5O5S/c1-15-8-25(32-14-31-15)33-40(36,37)18-5-6-22-16(9-18)4-7-26(35)34(22)23-12-21(29)19(11-24(23)38-2)20-10-17(28)13-30-27(20)39-3/h4-14H,1-3H3,(H,31,32,33). The van der Waals surface area contributed by atoms with Gasteiger partial charge in [0.1, 0.15) is 23.7 Å². The average Bonchev–Trinajstić information content (AvgIpc) is 2.92. The van der Waals surface area contributed by atoms with Crippen molar-refractivity contribution in [1.82, 2.24) is 19.5 Å². The highest BCUT2D eigenvalue weighted by molar-refractivity contribution is 7.92. The topological polar surface area (TPSA) is 125 Å². The van der Waals surface area contributed by atoms with Crippen molar-refractivity contribution in [3.8, 4) is 28.4 Å². The molecule has 0 amide bonds. The number of anilines is 1. The van der Waals surface area contributed by atoms with Crippen molar-refractivity contribution in [2.45, 2.75) is 11.8 Å². The number of rotatable bonds is 7. The molecule has 0 aliphatic carbocycles. The first-order valence-electron chi connectivity index (χ1n) is 11.7. The maximum absolute atomic E-state index is 15.6. The van der Waals surface area contributed by atoms with Gasteiger partial charge in [0, 0.05) is 46.6 Å². The van der Waals surface area contributed by atoms with Gasteiger partial charge in [-0.15, -0.1) is 0 Å². The lowest BCUT2D eigenvalue weighted by Crippen LogP contribution is -2.19. The van der Waals surface area contributed by atoms with E-state index in [1.165, 1.54) is 79.8 Å². The number of methoxy groups -OCH3 is 2. The molecule has 1 N–H and O–H groups in total. The predicted molar refractivity (Wildman–Crippen MR) is 148 cm³/mol. The zero-order chi connectivity index (χ0) is 28.6. The molecule has 0 fully saturated rings. The van der Waals surface area contributed by atoms with Gasteiger partial charge in [0.25, 0.3) is 15.6 Å². The largest absolute Gasteiger partial charge is 0.495 e. The van der Waals surface area contributed by atoms with Crippen LogP contribution in [0.15, 0.2) is 76.8 Å². The Balaban J connectivity index is 1.63. The Kier molecular flexibility index (Phi) is 7.13. The lowest BCUT2D eigenvalue weighted by atomic mass is 10.0. The molecule has 0 atom stereocenters. The molecular weight excluding hydrogens is 561 g/mol. The first-order chi connectivity index (χ1) is 19.1. The Morgan fingerprint density at radius 1 is 0.950 bits per heavy atom. The van der Waals surface area contributed by atoms with Gasteiger partial charge in [-0.1, -0.05) is 11.6 Å². The smallest absolute Gasteiger partial charge is 0.263 e. The van der Waals surface area contributed by atoms with Crippen LogP contribution in [0, 0.1) is 12.7 Å². The zero-order valence-electron chi connectivity index (χ0n) is 21.3. The van der Waals surface area contributed by atoms with Crippen molar-refractivity contribution in [2.75, 3.05) is 18.9 Å².